The highest BCUT2D eigenvalue weighted by Gasteiger charge is 2.33. The van der Waals surface area contributed by atoms with Crippen LogP contribution in [0.2, 0.25) is 0 Å². The van der Waals surface area contributed by atoms with E-state index in [0.29, 0.717) is 5.92 Å². The van der Waals surface area contributed by atoms with Gasteiger partial charge < -0.3 is 4.90 Å². The molecule has 1 heterocycles. The summed E-state index contributed by atoms with van der Waals surface area (Å²) < 4.78 is 0. The van der Waals surface area contributed by atoms with Crippen LogP contribution < -0.4 is 5.32 Å². The summed E-state index contributed by atoms with van der Waals surface area (Å²) in [6.07, 6.45) is 1.33. The Bertz CT molecular complexity index is 193. The van der Waals surface area contributed by atoms with E-state index >= 15 is 0 Å². The van der Waals surface area contributed by atoms with Crippen molar-refractivity contribution in [1.29, 1.82) is 0 Å². The van der Waals surface area contributed by atoms with Crippen molar-refractivity contribution in [3.63, 3.8) is 0 Å². The molecule has 3 heteroatoms. The van der Waals surface area contributed by atoms with Gasteiger partial charge in [0.05, 0.1) is 12.2 Å². The van der Waals surface area contributed by atoms with E-state index in [-0.39, 0.29) is 18.1 Å². The van der Waals surface area contributed by atoms with E-state index in [1.807, 2.05) is 18.7 Å². The molecule has 0 bridgehead atoms. The summed E-state index contributed by atoms with van der Waals surface area (Å²) in [6, 6.07) is -0.000874. The average molecular weight is 184 g/mol. The quantitative estimate of drug-likeness (QED) is 0.714. The molecule has 0 radical (unpaired) electrons. The maximum absolute atomic E-state index is 11.6. The average Bonchev–Trinajstić information content (AvgIpc) is 2.32. The lowest BCUT2D eigenvalue weighted by molar-refractivity contribution is -0.130. The van der Waals surface area contributed by atoms with Crippen molar-refractivity contribution in [2.24, 2.45) is 5.92 Å². The Balaban J connectivity index is 2.53. The van der Waals surface area contributed by atoms with Crippen molar-refractivity contribution in [3.05, 3.63) is 0 Å². The van der Waals surface area contributed by atoms with Gasteiger partial charge in [-0.1, -0.05) is 20.3 Å². The van der Waals surface area contributed by atoms with Gasteiger partial charge in [0.15, 0.2) is 0 Å². The molecule has 1 aliphatic rings. The van der Waals surface area contributed by atoms with E-state index in [0.717, 1.165) is 13.0 Å². The first-order valence-electron chi connectivity index (χ1n) is 5.12. The molecule has 3 atom stereocenters. The Hall–Kier alpha value is -0.570. The number of nitrogens with one attached hydrogen (secondary N) is 1. The first-order chi connectivity index (χ1) is 6.06. The van der Waals surface area contributed by atoms with Gasteiger partial charge in [-0.15, -0.1) is 0 Å². The van der Waals surface area contributed by atoms with Crippen LogP contribution in [0, 0.1) is 5.92 Å². The van der Waals surface area contributed by atoms with Crippen LogP contribution in [0.15, 0.2) is 0 Å². The van der Waals surface area contributed by atoms with Gasteiger partial charge in [0.1, 0.15) is 0 Å². The second-order valence-corrected chi connectivity index (χ2v) is 4.07. The Morgan fingerprint density at radius 1 is 1.54 bits per heavy atom. The Labute approximate surface area is 80.5 Å². The van der Waals surface area contributed by atoms with Crippen LogP contribution in [0.1, 0.15) is 34.1 Å². The summed E-state index contributed by atoms with van der Waals surface area (Å²) in [7, 11) is 0. The Kier molecular flexibility index (Phi) is 3.31. The molecule has 1 amide bonds. The minimum atomic E-state index is -0.000874. The van der Waals surface area contributed by atoms with E-state index in [1.54, 1.807) is 0 Å². The van der Waals surface area contributed by atoms with Crippen LogP contribution >= 0.6 is 0 Å². The van der Waals surface area contributed by atoms with Crippen LogP contribution in [-0.2, 0) is 4.79 Å². The van der Waals surface area contributed by atoms with Crippen molar-refractivity contribution >= 4 is 5.91 Å². The summed E-state index contributed by atoms with van der Waals surface area (Å²) >= 11 is 0. The molecule has 0 aromatic carbocycles. The monoisotopic (exact) mass is 184 g/mol. The second kappa shape index (κ2) is 4.09. The highest BCUT2D eigenvalue weighted by molar-refractivity contribution is 5.83. The fraction of sp³-hybridized carbons (Fsp3) is 0.900. The van der Waals surface area contributed by atoms with Crippen molar-refractivity contribution in [3.8, 4) is 0 Å². The molecular weight excluding hydrogens is 164 g/mol. The number of amides is 1. The molecule has 0 aromatic heterocycles. The van der Waals surface area contributed by atoms with E-state index < -0.39 is 0 Å². The minimum absolute atomic E-state index is 0.000874. The molecule has 0 aliphatic carbocycles. The number of hydrogen-bond donors (Lipinski definition) is 1. The van der Waals surface area contributed by atoms with Crippen LogP contribution in [-0.4, -0.2) is 29.6 Å². The van der Waals surface area contributed by atoms with Crippen molar-refractivity contribution < 1.29 is 4.79 Å². The molecule has 3 unspecified atom stereocenters. The molecule has 76 valence electrons. The summed E-state index contributed by atoms with van der Waals surface area (Å²) in [5, 5.41) is 3.22. The first kappa shape index (κ1) is 10.5. The highest BCUT2D eigenvalue weighted by atomic mass is 16.2. The number of carbonyl (C=O) groups excluding carboxylic acids is 1. The summed E-state index contributed by atoms with van der Waals surface area (Å²) in [5.74, 6) is 0.839. The van der Waals surface area contributed by atoms with Crippen LogP contribution in [0.5, 0.6) is 0 Å². The van der Waals surface area contributed by atoms with Gasteiger partial charge >= 0.3 is 0 Å². The lowest BCUT2D eigenvalue weighted by Gasteiger charge is -2.23. The standard InChI is InChI=1S/C10H20N2O/c1-5-7(2)6-12-9(4)11-8(3)10(12)13/h7-9,11H,5-6H2,1-4H3. The van der Waals surface area contributed by atoms with Crippen LogP contribution in [0.4, 0.5) is 0 Å². The van der Waals surface area contributed by atoms with Gasteiger partial charge in [-0.25, -0.2) is 0 Å². The maximum Gasteiger partial charge on any atom is 0.240 e. The van der Waals surface area contributed by atoms with Crippen LogP contribution in [0.25, 0.3) is 0 Å². The Morgan fingerprint density at radius 3 is 2.54 bits per heavy atom. The molecule has 0 aromatic rings. The summed E-state index contributed by atoms with van der Waals surface area (Å²) in [5.41, 5.74) is 0. The van der Waals surface area contributed by atoms with Gasteiger partial charge in [-0.05, 0) is 19.8 Å². The lowest BCUT2D eigenvalue weighted by atomic mass is 10.1. The van der Waals surface area contributed by atoms with Crippen LogP contribution in [0.3, 0.4) is 0 Å². The van der Waals surface area contributed by atoms with E-state index in [2.05, 4.69) is 19.2 Å². The summed E-state index contributed by atoms with van der Waals surface area (Å²) in [4.78, 5) is 13.6. The zero-order valence-electron chi connectivity index (χ0n) is 9.00. The fourth-order valence-corrected chi connectivity index (χ4v) is 1.68. The SMILES string of the molecule is CCC(C)CN1C(=O)C(C)NC1C. The molecule has 1 saturated heterocycles. The molecule has 0 saturated carbocycles. The lowest BCUT2D eigenvalue weighted by Crippen LogP contribution is -2.37. The smallest absolute Gasteiger partial charge is 0.240 e. The van der Waals surface area contributed by atoms with Gasteiger partial charge in [0.2, 0.25) is 5.91 Å². The molecule has 0 spiro atoms. The number of nitrogens with zero attached hydrogens (tertiary/aromatic N) is 1. The van der Waals surface area contributed by atoms with Crippen molar-refractivity contribution in [2.75, 3.05) is 6.54 Å². The Morgan fingerprint density at radius 2 is 2.15 bits per heavy atom. The molecule has 3 nitrogen and oxygen atoms in total. The third-order valence-electron chi connectivity index (χ3n) is 2.82. The third-order valence-corrected chi connectivity index (χ3v) is 2.82. The number of rotatable bonds is 3. The zero-order chi connectivity index (χ0) is 10.0. The van der Waals surface area contributed by atoms with Crippen molar-refractivity contribution in [1.82, 2.24) is 10.2 Å². The van der Waals surface area contributed by atoms with Gasteiger partial charge in [0, 0.05) is 6.54 Å². The van der Waals surface area contributed by atoms with E-state index in [9.17, 15) is 4.79 Å². The number of carbonyl (C=O) groups is 1. The molecule has 1 fully saturated rings. The summed E-state index contributed by atoms with van der Waals surface area (Å²) in [6.45, 7) is 9.20. The molecular formula is C10H20N2O. The fourth-order valence-electron chi connectivity index (χ4n) is 1.68. The van der Waals surface area contributed by atoms with Gasteiger partial charge in [-0.2, -0.15) is 0 Å². The maximum atomic E-state index is 11.6. The first-order valence-corrected chi connectivity index (χ1v) is 5.12. The second-order valence-electron chi connectivity index (χ2n) is 4.07. The zero-order valence-corrected chi connectivity index (χ0v) is 9.00. The predicted octanol–water partition coefficient (Wildman–Crippen LogP) is 1.20. The van der Waals surface area contributed by atoms with E-state index in [1.165, 1.54) is 0 Å². The number of hydrogen-bond acceptors (Lipinski definition) is 2. The van der Waals surface area contributed by atoms with Gasteiger partial charge in [0.25, 0.3) is 0 Å². The van der Waals surface area contributed by atoms with Crippen molar-refractivity contribution in [2.45, 2.75) is 46.3 Å². The normalized spacial score (nSPS) is 31.1. The minimum Gasteiger partial charge on any atom is -0.326 e. The molecule has 1 aliphatic heterocycles. The molecule has 1 rings (SSSR count). The van der Waals surface area contributed by atoms with E-state index in [4.69, 9.17) is 0 Å². The molecule has 13 heavy (non-hydrogen) atoms. The topological polar surface area (TPSA) is 32.3 Å². The third kappa shape index (κ3) is 2.21. The highest BCUT2D eigenvalue weighted by Crippen LogP contribution is 2.13. The van der Waals surface area contributed by atoms with Gasteiger partial charge in [-0.3, -0.25) is 10.1 Å². The largest absolute Gasteiger partial charge is 0.326 e. The predicted molar refractivity (Wildman–Crippen MR) is 53.2 cm³/mol. The molecule has 1 N–H and O–H groups in total.